The van der Waals surface area contributed by atoms with E-state index in [0.717, 1.165) is 46.1 Å². The van der Waals surface area contributed by atoms with E-state index in [-0.39, 0.29) is 5.91 Å². The normalized spacial score (nSPS) is 16.1. The summed E-state index contributed by atoms with van der Waals surface area (Å²) in [7, 11) is 1.63. The molecule has 1 atom stereocenters. The molecule has 0 saturated heterocycles. The predicted molar refractivity (Wildman–Crippen MR) is 118 cm³/mol. The number of ether oxygens (including phenoxy) is 1. The first-order valence-corrected chi connectivity index (χ1v) is 11.0. The van der Waals surface area contributed by atoms with Crippen molar-refractivity contribution in [2.45, 2.75) is 26.2 Å². The summed E-state index contributed by atoms with van der Waals surface area (Å²) in [5.74, 6) is 1.33. The molecule has 2 heterocycles. The third-order valence-corrected chi connectivity index (χ3v) is 6.89. The molecule has 0 spiro atoms. The Labute approximate surface area is 172 Å². The molecular weight excluding hydrogens is 388 g/mol. The molecule has 0 radical (unpaired) electrons. The number of benzene rings is 1. The first kappa shape index (κ1) is 18.9. The maximum Gasteiger partial charge on any atom is 0.259 e. The molecule has 1 amide bonds. The molecular formula is C22H22N2O2S2. The SMILES string of the molecule is COc1ccc(NC(=O)c2c(N=Cc3cccs3)sc3c2CC[C@@H](C)C3)cc1. The van der Waals surface area contributed by atoms with Gasteiger partial charge in [-0.05, 0) is 66.5 Å². The highest BCUT2D eigenvalue weighted by Crippen LogP contribution is 2.41. The van der Waals surface area contributed by atoms with E-state index in [1.165, 1.54) is 10.4 Å². The van der Waals surface area contributed by atoms with Crippen LogP contribution in [0.25, 0.3) is 0 Å². The Morgan fingerprint density at radius 1 is 1.29 bits per heavy atom. The van der Waals surface area contributed by atoms with Gasteiger partial charge in [0, 0.05) is 21.7 Å². The Kier molecular flexibility index (Phi) is 5.59. The first-order valence-electron chi connectivity index (χ1n) is 9.31. The number of carbonyl (C=O) groups excluding carboxylic acids is 1. The van der Waals surface area contributed by atoms with Crippen LogP contribution in [0, 0.1) is 5.92 Å². The lowest BCUT2D eigenvalue weighted by molar-refractivity contribution is 0.102. The van der Waals surface area contributed by atoms with Gasteiger partial charge in [-0.2, -0.15) is 0 Å². The number of amides is 1. The number of hydrogen-bond acceptors (Lipinski definition) is 5. The zero-order chi connectivity index (χ0) is 19.5. The smallest absolute Gasteiger partial charge is 0.259 e. The number of aliphatic imine (C=N–C) groups is 1. The average molecular weight is 411 g/mol. The number of hydrogen-bond donors (Lipinski definition) is 1. The van der Waals surface area contributed by atoms with E-state index < -0.39 is 0 Å². The van der Waals surface area contributed by atoms with Crippen LogP contribution >= 0.6 is 22.7 Å². The van der Waals surface area contributed by atoms with Gasteiger partial charge in [-0.3, -0.25) is 4.79 Å². The molecule has 2 aromatic heterocycles. The maximum atomic E-state index is 13.2. The Bertz CT molecular complexity index is 988. The summed E-state index contributed by atoms with van der Waals surface area (Å²) in [6.07, 6.45) is 4.93. The molecule has 28 heavy (non-hydrogen) atoms. The number of anilines is 1. The number of thiophene rings is 2. The Morgan fingerprint density at radius 3 is 2.82 bits per heavy atom. The Balaban J connectivity index is 1.65. The zero-order valence-electron chi connectivity index (χ0n) is 15.9. The molecule has 0 fully saturated rings. The molecule has 3 aromatic rings. The van der Waals surface area contributed by atoms with Crippen molar-refractivity contribution < 1.29 is 9.53 Å². The van der Waals surface area contributed by atoms with Crippen LogP contribution in [0.2, 0.25) is 0 Å². The zero-order valence-corrected chi connectivity index (χ0v) is 17.5. The average Bonchev–Trinajstić information content (AvgIpc) is 3.33. The minimum Gasteiger partial charge on any atom is -0.497 e. The van der Waals surface area contributed by atoms with Crippen molar-refractivity contribution in [3.05, 3.63) is 62.7 Å². The number of rotatable bonds is 5. The van der Waals surface area contributed by atoms with Gasteiger partial charge in [-0.15, -0.1) is 22.7 Å². The van der Waals surface area contributed by atoms with Crippen LogP contribution in [0.4, 0.5) is 10.7 Å². The summed E-state index contributed by atoms with van der Waals surface area (Å²) in [5, 5.41) is 5.86. The van der Waals surface area contributed by atoms with E-state index in [2.05, 4.69) is 12.2 Å². The van der Waals surface area contributed by atoms with Crippen molar-refractivity contribution in [2.75, 3.05) is 12.4 Å². The van der Waals surface area contributed by atoms with E-state index in [0.29, 0.717) is 5.92 Å². The van der Waals surface area contributed by atoms with E-state index >= 15 is 0 Å². The second-order valence-electron chi connectivity index (χ2n) is 6.99. The number of nitrogens with one attached hydrogen (secondary N) is 1. The Morgan fingerprint density at radius 2 is 2.11 bits per heavy atom. The van der Waals surface area contributed by atoms with Crippen molar-refractivity contribution in [1.82, 2.24) is 0 Å². The van der Waals surface area contributed by atoms with Gasteiger partial charge in [0.2, 0.25) is 0 Å². The van der Waals surface area contributed by atoms with E-state index in [1.54, 1.807) is 29.8 Å². The molecule has 4 rings (SSSR count). The van der Waals surface area contributed by atoms with Gasteiger partial charge in [0.05, 0.1) is 12.7 Å². The number of carbonyl (C=O) groups is 1. The van der Waals surface area contributed by atoms with Crippen molar-refractivity contribution in [3.8, 4) is 5.75 Å². The third kappa shape index (κ3) is 4.03. The fraction of sp³-hybridized carbons (Fsp3) is 0.273. The lowest BCUT2D eigenvalue weighted by Crippen LogP contribution is -2.16. The lowest BCUT2D eigenvalue weighted by Gasteiger charge is -2.18. The predicted octanol–water partition coefficient (Wildman–Crippen LogP) is 5.95. The van der Waals surface area contributed by atoms with Gasteiger partial charge in [0.1, 0.15) is 10.8 Å². The van der Waals surface area contributed by atoms with Crippen LogP contribution in [-0.2, 0) is 12.8 Å². The number of methoxy groups -OCH3 is 1. The van der Waals surface area contributed by atoms with Crippen LogP contribution in [0.1, 0.15) is 39.0 Å². The molecule has 144 valence electrons. The molecule has 1 aliphatic rings. The molecule has 0 unspecified atom stereocenters. The van der Waals surface area contributed by atoms with E-state index in [4.69, 9.17) is 9.73 Å². The summed E-state index contributed by atoms with van der Waals surface area (Å²) in [6.45, 7) is 2.27. The van der Waals surface area contributed by atoms with Gasteiger partial charge in [0.15, 0.2) is 0 Å². The first-order chi connectivity index (χ1) is 13.6. The highest BCUT2D eigenvalue weighted by molar-refractivity contribution is 7.16. The van der Waals surface area contributed by atoms with Gasteiger partial charge in [-0.25, -0.2) is 4.99 Å². The van der Waals surface area contributed by atoms with Crippen molar-refractivity contribution in [3.63, 3.8) is 0 Å². The minimum absolute atomic E-state index is 0.0875. The third-order valence-electron chi connectivity index (χ3n) is 4.92. The molecule has 1 aromatic carbocycles. The van der Waals surface area contributed by atoms with Gasteiger partial charge in [0.25, 0.3) is 5.91 Å². The van der Waals surface area contributed by atoms with Crippen LogP contribution < -0.4 is 10.1 Å². The van der Waals surface area contributed by atoms with E-state index in [9.17, 15) is 4.79 Å². The fourth-order valence-corrected chi connectivity index (χ4v) is 5.35. The molecule has 1 N–H and O–H groups in total. The molecule has 0 bridgehead atoms. The highest BCUT2D eigenvalue weighted by atomic mass is 32.1. The van der Waals surface area contributed by atoms with E-state index in [1.807, 2.05) is 48.0 Å². The molecule has 6 heteroatoms. The monoisotopic (exact) mass is 410 g/mol. The largest absolute Gasteiger partial charge is 0.497 e. The van der Waals surface area contributed by atoms with Gasteiger partial charge >= 0.3 is 0 Å². The van der Waals surface area contributed by atoms with Crippen molar-refractivity contribution in [1.29, 1.82) is 0 Å². The molecule has 0 saturated carbocycles. The number of nitrogens with zero attached hydrogens (tertiary/aromatic N) is 1. The molecule has 4 nitrogen and oxygen atoms in total. The Hall–Kier alpha value is -2.44. The summed E-state index contributed by atoms with van der Waals surface area (Å²) >= 11 is 3.30. The van der Waals surface area contributed by atoms with Crippen molar-refractivity contribution in [2.24, 2.45) is 10.9 Å². The summed E-state index contributed by atoms with van der Waals surface area (Å²) < 4.78 is 5.19. The highest BCUT2D eigenvalue weighted by Gasteiger charge is 2.27. The summed E-state index contributed by atoms with van der Waals surface area (Å²) in [4.78, 5) is 20.2. The minimum atomic E-state index is -0.0875. The number of fused-ring (bicyclic) bond motifs is 1. The maximum absolute atomic E-state index is 13.2. The fourth-order valence-electron chi connectivity index (χ4n) is 3.42. The van der Waals surface area contributed by atoms with Gasteiger partial charge in [-0.1, -0.05) is 13.0 Å². The van der Waals surface area contributed by atoms with Crippen LogP contribution in [-0.4, -0.2) is 19.2 Å². The van der Waals surface area contributed by atoms with Crippen LogP contribution in [0.15, 0.2) is 46.8 Å². The second-order valence-corrected chi connectivity index (χ2v) is 9.05. The quantitative estimate of drug-likeness (QED) is 0.529. The molecule has 0 aliphatic heterocycles. The standard InChI is InChI=1S/C22H22N2O2S2/c1-14-5-10-18-19(12-14)28-22(23-13-17-4-3-11-27-17)20(18)21(25)24-15-6-8-16(26-2)9-7-15/h3-4,6-9,11,13-14H,5,10,12H2,1-2H3,(H,24,25)/t14-/m1/s1. The lowest BCUT2D eigenvalue weighted by atomic mass is 9.88. The summed E-state index contributed by atoms with van der Waals surface area (Å²) in [6, 6.07) is 11.4. The summed E-state index contributed by atoms with van der Waals surface area (Å²) in [5.41, 5.74) is 2.66. The van der Waals surface area contributed by atoms with Gasteiger partial charge < -0.3 is 10.1 Å². The molecule has 1 aliphatic carbocycles. The van der Waals surface area contributed by atoms with Crippen molar-refractivity contribution >= 4 is 45.5 Å². The van der Waals surface area contributed by atoms with Crippen LogP contribution in [0.3, 0.4) is 0 Å². The van der Waals surface area contributed by atoms with Crippen LogP contribution in [0.5, 0.6) is 5.75 Å². The topological polar surface area (TPSA) is 50.7 Å². The second kappa shape index (κ2) is 8.29.